The molecule has 0 saturated heterocycles. The van der Waals surface area contributed by atoms with Crippen LogP contribution in [0.1, 0.15) is 38.9 Å². The summed E-state index contributed by atoms with van der Waals surface area (Å²) in [5, 5.41) is 11.6. The maximum Gasteiger partial charge on any atom is 0.326 e. The third-order valence-electron chi connectivity index (χ3n) is 2.95. The van der Waals surface area contributed by atoms with Crippen molar-refractivity contribution in [1.82, 2.24) is 5.32 Å². The zero-order valence-corrected chi connectivity index (χ0v) is 12.9. The van der Waals surface area contributed by atoms with Crippen LogP contribution in [0.5, 0.6) is 0 Å². The maximum atomic E-state index is 12.3. The summed E-state index contributed by atoms with van der Waals surface area (Å²) in [4.78, 5) is 34.8. The number of ether oxygens (including phenoxy) is 1. The van der Waals surface area contributed by atoms with Crippen LogP contribution in [0.3, 0.4) is 0 Å². The molecular formula is C16H21NO5. The van der Waals surface area contributed by atoms with Crippen LogP contribution in [-0.4, -0.2) is 29.0 Å². The first-order valence-corrected chi connectivity index (χ1v) is 7.06. The molecule has 0 heterocycles. The second-order valence-corrected chi connectivity index (χ2v) is 5.43. The molecule has 120 valence electrons. The molecule has 0 aromatic heterocycles. The van der Waals surface area contributed by atoms with E-state index in [0.717, 1.165) is 0 Å². The monoisotopic (exact) mass is 307 g/mol. The first-order valence-electron chi connectivity index (χ1n) is 7.06. The highest BCUT2D eigenvalue weighted by molar-refractivity contribution is 5.88. The van der Waals surface area contributed by atoms with Crippen LogP contribution < -0.4 is 5.32 Å². The fourth-order valence-electron chi connectivity index (χ4n) is 2.01. The molecule has 22 heavy (non-hydrogen) atoms. The van der Waals surface area contributed by atoms with Gasteiger partial charge in [0.15, 0.2) is 0 Å². The van der Waals surface area contributed by atoms with E-state index in [1.807, 2.05) is 13.8 Å². The predicted octanol–water partition coefficient (Wildman–Crippen LogP) is 1.91. The Labute approximate surface area is 129 Å². The lowest BCUT2D eigenvalue weighted by Crippen LogP contribution is -2.44. The Hall–Kier alpha value is -2.37. The highest BCUT2D eigenvalue weighted by Crippen LogP contribution is 2.18. The van der Waals surface area contributed by atoms with Crippen molar-refractivity contribution in [1.29, 1.82) is 0 Å². The smallest absolute Gasteiger partial charge is 0.326 e. The standard InChI is InChI=1S/C16H21NO5/c1-10(2)9-13(16(20)21)17-15(19)14(22-11(3)18)12-7-5-4-6-8-12/h4-8,10,13-14H,9H2,1-3H3,(H,17,19)(H,20,21). The molecule has 1 aromatic carbocycles. The Kier molecular flexibility index (Phi) is 6.56. The van der Waals surface area contributed by atoms with Crippen LogP contribution in [0, 0.1) is 5.92 Å². The van der Waals surface area contributed by atoms with Crippen molar-refractivity contribution >= 4 is 17.8 Å². The van der Waals surface area contributed by atoms with Crippen LogP contribution in [0.15, 0.2) is 30.3 Å². The first kappa shape index (κ1) is 17.7. The van der Waals surface area contributed by atoms with Gasteiger partial charge >= 0.3 is 11.9 Å². The number of aliphatic carboxylic acids is 1. The fraction of sp³-hybridized carbons (Fsp3) is 0.438. The lowest BCUT2D eigenvalue weighted by atomic mass is 10.0. The third kappa shape index (κ3) is 5.55. The minimum atomic E-state index is -1.16. The number of hydrogen-bond acceptors (Lipinski definition) is 4. The largest absolute Gasteiger partial charge is 0.480 e. The Bertz CT molecular complexity index is 527. The quantitative estimate of drug-likeness (QED) is 0.751. The van der Waals surface area contributed by atoms with Crippen molar-refractivity contribution in [2.24, 2.45) is 5.92 Å². The van der Waals surface area contributed by atoms with E-state index < -0.39 is 30.0 Å². The number of hydrogen-bond donors (Lipinski definition) is 2. The number of benzene rings is 1. The third-order valence-corrected chi connectivity index (χ3v) is 2.95. The minimum absolute atomic E-state index is 0.102. The minimum Gasteiger partial charge on any atom is -0.480 e. The molecule has 1 aromatic rings. The summed E-state index contributed by atoms with van der Waals surface area (Å²) in [6.07, 6.45) is -0.865. The van der Waals surface area contributed by atoms with Crippen LogP contribution >= 0.6 is 0 Å². The molecule has 0 saturated carbocycles. The van der Waals surface area contributed by atoms with E-state index in [1.54, 1.807) is 30.3 Å². The number of carboxylic acid groups (broad SMARTS) is 1. The summed E-state index contributed by atoms with van der Waals surface area (Å²) < 4.78 is 5.04. The van der Waals surface area contributed by atoms with E-state index in [1.165, 1.54) is 6.92 Å². The number of amides is 1. The molecule has 6 nitrogen and oxygen atoms in total. The van der Waals surface area contributed by atoms with Crippen molar-refractivity contribution < 1.29 is 24.2 Å². The van der Waals surface area contributed by atoms with Gasteiger partial charge in [0.2, 0.25) is 6.10 Å². The van der Waals surface area contributed by atoms with Crippen LogP contribution in [0.2, 0.25) is 0 Å². The molecule has 0 aliphatic carbocycles. The summed E-state index contributed by atoms with van der Waals surface area (Å²) in [7, 11) is 0. The number of rotatable bonds is 7. The molecule has 1 amide bonds. The van der Waals surface area contributed by atoms with Gasteiger partial charge in [-0.3, -0.25) is 9.59 Å². The van der Waals surface area contributed by atoms with E-state index in [4.69, 9.17) is 4.74 Å². The van der Waals surface area contributed by atoms with Gasteiger partial charge in [0.05, 0.1) is 0 Å². The van der Waals surface area contributed by atoms with E-state index in [-0.39, 0.29) is 5.92 Å². The Balaban J connectivity index is 2.92. The average Bonchev–Trinajstić information content (AvgIpc) is 2.44. The Morgan fingerprint density at radius 2 is 1.77 bits per heavy atom. The van der Waals surface area contributed by atoms with Crippen molar-refractivity contribution in [3.63, 3.8) is 0 Å². The molecule has 2 N–H and O–H groups in total. The van der Waals surface area contributed by atoms with E-state index in [0.29, 0.717) is 12.0 Å². The highest BCUT2D eigenvalue weighted by atomic mass is 16.5. The van der Waals surface area contributed by atoms with Crippen LogP contribution in [-0.2, 0) is 19.1 Å². The highest BCUT2D eigenvalue weighted by Gasteiger charge is 2.28. The molecule has 0 bridgehead atoms. The van der Waals surface area contributed by atoms with Gasteiger partial charge < -0.3 is 15.2 Å². The summed E-state index contributed by atoms with van der Waals surface area (Å²) in [6.45, 7) is 4.93. The van der Waals surface area contributed by atoms with E-state index in [2.05, 4.69) is 5.32 Å². The summed E-state index contributed by atoms with van der Waals surface area (Å²) in [6, 6.07) is 7.46. The molecule has 2 atom stereocenters. The van der Waals surface area contributed by atoms with Gasteiger partial charge in [-0.05, 0) is 12.3 Å². The van der Waals surface area contributed by atoms with Crippen LogP contribution in [0.25, 0.3) is 0 Å². The van der Waals surface area contributed by atoms with Crippen molar-refractivity contribution in [3.8, 4) is 0 Å². The summed E-state index contributed by atoms with van der Waals surface area (Å²) in [5.41, 5.74) is 0.490. The van der Waals surface area contributed by atoms with E-state index in [9.17, 15) is 19.5 Å². The number of carboxylic acids is 1. The molecule has 6 heteroatoms. The summed E-state index contributed by atoms with van der Waals surface area (Å²) in [5.74, 6) is -2.27. The number of esters is 1. The lowest BCUT2D eigenvalue weighted by Gasteiger charge is -2.21. The zero-order chi connectivity index (χ0) is 16.7. The predicted molar refractivity (Wildman–Crippen MR) is 80.0 cm³/mol. The number of carbonyl (C=O) groups is 3. The Morgan fingerprint density at radius 1 is 1.18 bits per heavy atom. The van der Waals surface area contributed by atoms with Gasteiger partial charge in [0.1, 0.15) is 6.04 Å². The molecule has 0 aliphatic rings. The molecule has 0 radical (unpaired) electrons. The molecule has 2 unspecified atom stereocenters. The second kappa shape index (κ2) is 8.17. The SMILES string of the molecule is CC(=O)OC(C(=O)NC(CC(C)C)C(=O)O)c1ccccc1. The lowest BCUT2D eigenvalue weighted by molar-refractivity contribution is -0.155. The first-order chi connectivity index (χ1) is 10.3. The van der Waals surface area contributed by atoms with Crippen molar-refractivity contribution in [2.75, 3.05) is 0 Å². The molecule has 0 fully saturated rings. The summed E-state index contributed by atoms with van der Waals surface area (Å²) >= 11 is 0. The molecular weight excluding hydrogens is 286 g/mol. The maximum absolute atomic E-state index is 12.3. The van der Waals surface area contributed by atoms with Gasteiger partial charge in [-0.25, -0.2) is 4.79 Å². The van der Waals surface area contributed by atoms with Gasteiger partial charge in [0.25, 0.3) is 5.91 Å². The number of nitrogens with one attached hydrogen (secondary N) is 1. The second-order valence-electron chi connectivity index (χ2n) is 5.43. The van der Waals surface area contributed by atoms with E-state index >= 15 is 0 Å². The topological polar surface area (TPSA) is 92.7 Å². The normalized spacial score (nSPS) is 13.3. The average molecular weight is 307 g/mol. The molecule has 0 spiro atoms. The Morgan fingerprint density at radius 3 is 2.23 bits per heavy atom. The molecule has 0 aliphatic heterocycles. The number of carbonyl (C=O) groups excluding carboxylic acids is 2. The van der Waals surface area contributed by atoms with Gasteiger partial charge in [-0.15, -0.1) is 0 Å². The zero-order valence-electron chi connectivity index (χ0n) is 12.9. The fourth-order valence-corrected chi connectivity index (χ4v) is 2.01. The van der Waals surface area contributed by atoms with Crippen molar-refractivity contribution in [3.05, 3.63) is 35.9 Å². The van der Waals surface area contributed by atoms with Crippen LogP contribution in [0.4, 0.5) is 0 Å². The van der Waals surface area contributed by atoms with Gasteiger partial charge in [0, 0.05) is 12.5 Å². The van der Waals surface area contributed by atoms with Crippen molar-refractivity contribution in [2.45, 2.75) is 39.3 Å². The van der Waals surface area contributed by atoms with Gasteiger partial charge in [-0.1, -0.05) is 44.2 Å². The van der Waals surface area contributed by atoms with Gasteiger partial charge in [-0.2, -0.15) is 0 Å². The molecule has 1 rings (SSSR count).